The monoisotopic (exact) mass is 598 g/mol. The molecule has 0 amide bonds. The molecular formula is C41H42O4. The summed E-state index contributed by atoms with van der Waals surface area (Å²) in [4.78, 5) is 0. The molecule has 2 aliphatic heterocycles. The van der Waals surface area contributed by atoms with Crippen molar-refractivity contribution in [3.05, 3.63) is 78.9 Å². The molecule has 0 radical (unpaired) electrons. The van der Waals surface area contributed by atoms with Crippen LogP contribution in [0.5, 0.6) is 23.0 Å². The van der Waals surface area contributed by atoms with Crippen molar-refractivity contribution in [2.45, 2.75) is 110 Å². The van der Waals surface area contributed by atoms with Gasteiger partial charge in [-0.2, -0.15) is 0 Å². The van der Waals surface area contributed by atoms with E-state index in [1.54, 1.807) is 27.8 Å². The largest absolute Gasteiger partial charge is 0.611 e. The van der Waals surface area contributed by atoms with Crippen LogP contribution in [-0.4, -0.2) is 6.16 Å². The van der Waals surface area contributed by atoms with E-state index < -0.39 is 6.16 Å². The highest BCUT2D eigenvalue weighted by Gasteiger charge is 2.71. The van der Waals surface area contributed by atoms with Crippen molar-refractivity contribution in [1.82, 2.24) is 0 Å². The van der Waals surface area contributed by atoms with Gasteiger partial charge in [-0.05, 0) is 199 Å². The molecule has 4 fully saturated rings. The van der Waals surface area contributed by atoms with Crippen molar-refractivity contribution in [3.8, 4) is 23.0 Å². The first-order chi connectivity index (χ1) is 21.6. The molecule has 13 atom stereocenters. The zero-order valence-corrected chi connectivity index (χ0v) is 27.6. The lowest BCUT2D eigenvalue weighted by Gasteiger charge is -2.58. The quantitative estimate of drug-likeness (QED) is 0.242. The number of fused-ring (bicyclic) bond motifs is 25. The summed E-state index contributed by atoms with van der Waals surface area (Å²) < 4.78 is 25.9. The van der Waals surface area contributed by atoms with E-state index in [4.69, 9.17) is 18.9 Å². The number of benzene rings is 3. The second-order valence-corrected chi connectivity index (χ2v) is 16.9. The summed E-state index contributed by atoms with van der Waals surface area (Å²) in [6.07, 6.45) is 1.26. The Hall–Kier alpha value is -3.14. The standard InChI is InChI=1S/C41H42O4/c1-13-9-25-39(18(6)15(13)3)44-41(42-25)43-26-10-14(2)27-34-23-12-24(37(34)38(27)40(26)45-41)36-31-20(8)29-28(19(7)30(31)35(23)36)32-21-11-22(33(29)32)17(5)16(21)4/h9-10,16-17,21-24,32-37H,11-12H2,1-8H3. The van der Waals surface area contributed by atoms with Crippen molar-refractivity contribution < 1.29 is 18.9 Å². The van der Waals surface area contributed by atoms with Gasteiger partial charge in [-0.25, -0.2) is 0 Å². The van der Waals surface area contributed by atoms with Gasteiger partial charge < -0.3 is 18.9 Å². The minimum absolute atomic E-state index is 0.545. The third kappa shape index (κ3) is 2.38. The highest BCUT2D eigenvalue weighted by Crippen LogP contribution is 2.83. The number of hydrogen-bond acceptors (Lipinski definition) is 4. The summed E-state index contributed by atoms with van der Waals surface area (Å²) in [6.45, 7) is 18.7. The molecule has 7 aliphatic carbocycles. The van der Waals surface area contributed by atoms with Crippen LogP contribution in [0.1, 0.15) is 129 Å². The molecule has 0 saturated heterocycles. The lowest BCUT2D eigenvalue weighted by Crippen LogP contribution is -2.47. The smallest absolute Gasteiger partial charge is 0.382 e. The fourth-order valence-corrected chi connectivity index (χ4v) is 13.9. The van der Waals surface area contributed by atoms with Gasteiger partial charge in [0.15, 0.2) is 23.0 Å². The van der Waals surface area contributed by atoms with Gasteiger partial charge in [0.05, 0.1) is 0 Å². The van der Waals surface area contributed by atoms with Crippen LogP contribution in [0.2, 0.25) is 0 Å². The first-order valence-electron chi connectivity index (χ1n) is 17.8. The lowest BCUT2D eigenvalue weighted by molar-refractivity contribution is -0.330. The van der Waals surface area contributed by atoms with Gasteiger partial charge in [0.2, 0.25) is 0 Å². The molecule has 230 valence electrons. The molecule has 0 aromatic heterocycles. The van der Waals surface area contributed by atoms with Crippen LogP contribution in [0.3, 0.4) is 0 Å². The maximum atomic E-state index is 6.67. The minimum atomic E-state index is -1.56. The van der Waals surface area contributed by atoms with Crippen molar-refractivity contribution in [3.63, 3.8) is 0 Å². The summed E-state index contributed by atoms with van der Waals surface area (Å²) in [5.41, 5.74) is 18.3. The number of rotatable bonds is 0. The zero-order valence-electron chi connectivity index (χ0n) is 27.6. The van der Waals surface area contributed by atoms with Crippen molar-refractivity contribution in [2.24, 2.45) is 35.5 Å². The average molecular weight is 599 g/mol. The third-order valence-electron chi connectivity index (χ3n) is 15.9. The fraction of sp³-hybridized carbons (Fsp3) is 0.561. The molecule has 12 rings (SSSR count). The number of aryl methyl sites for hydroxylation is 2. The highest BCUT2D eigenvalue weighted by atomic mass is 17.0. The highest BCUT2D eigenvalue weighted by molar-refractivity contribution is 5.73. The summed E-state index contributed by atoms with van der Waals surface area (Å²) in [7, 11) is 0. The predicted octanol–water partition coefficient (Wildman–Crippen LogP) is 9.21. The van der Waals surface area contributed by atoms with Crippen LogP contribution >= 0.6 is 0 Å². The van der Waals surface area contributed by atoms with E-state index in [1.165, 1.54) is 40.7 Å². The lowest BCUT2D eigenvalue weighted by atomic mass is 9.45. The molecule has 4 heteroatoms. The van der Waals surface area contributed by atoms with E-state index in [2.05, 4.69) is 61.5 Å². The van der Waals surface area contributed by atoms with E-state index in [-0.39, 0.29) is 0 Å². The summed E-state index contributed by atoms with van der Waals surface area (Å²) >= 11 is 0. The van der Waals surface area contributed by atoms with E-state index in [0.717, 1.165) is 70.2 Å². The molecule has 13 unspecified atom stereocenters. The SMILES string of the molecule is Cc1cc2c(c(C)c1C)OC1(O2)Oc2cc(C)c3c(c2O1)C1C2CC(C31)C1c3c(C)c4c(c(C)c3C21)C1C2CC(C(C)C2C)C41. The van der Waals surface area contributed by atoms with Gasteiger partial charge in [-0.1, -0.05) is 13.8 Å². The molecule has 4 nitrogen and oxygen atoms in total. The second-order valence-electron chi connectivity index (χ2n) is 16.9. The Morgan fingerprint density at radius 2 is 0.911 bits per heavy atom. The average Bonchev–Trinajstić information content (AvgIpc) is 3.75. The summed E-state index contributed by atoms with van der Waals surface area (Å²) in [5, 5.41) is 0. The Labute approximate surface area is 265 Å². The Bertz CT molecular complexity index is 2010. The normalized spacial score (nSPS) is 42.8. The fourth-order valence-electron chi connectivity index (χ4n) is 13.9. The van der Waals surface area contributed by atoms with E-state index in [9.17, 15) is 0 Å². The van der Waals surface area contributed by atoms with Crippen LogP contribution < -0.4 is 18.9 Å². The Kier molecular flexibility index (Phi) is 4.01. The van der Waals surface area contributed by atoms with Gasteiger partial charge >= 0.3 is 6.16 Å². The number of hydrogen-bond donors (Lipinski definition) is 0. The molecular weight excluding hydrogens is 556 g/mol. The molecule has 0 N–H and O–H groups in total. The molecule has 9 aliphatic rings. The predicted molar refractivity (Wildman–Crippen MR) is 171 cm³/mol. The maximum Gasteiger partial charge on any atom is 0.611 e. The molecule has 4 bridgehead atoms. The second kappa shape index (κ2) is 7.21. The van der Waals surface area contributed by atoms with Crippen molar-refractivity contribution in [1.29, 1.82) is 0 Å². The van der Waals surface area contributed by atoms with Crippen LogP contribution in [0.25, 0.3) is 0 Å². The summed E-state index contributed by atoms with van der Waals surface area (Å²) in [6, 6.07) is 4.23. The molecule has 4 saturated carbocycles. The van der Waals surface area contributed by atoms with Gasteiger partial charge in [0.25, 0.3) is 0 Å². The topological polar surface area (TPSA) is 36.9 Å². The Morgan fingerprint density at radius 3 is 1.51 bits per heavy atom. The molecule has 3 aromatic carbocycles. The van der Waals surface area contributed by atoms with Gasteiger partial charge in [-0.15, -0.1) is 0 Å². The van der Waals surface area contributed by atoms with Crippen LogP contribution in [0, 0.1) is 77.0 Å². The van der Waals surface area contributed by atoms with Crippen LogP contribution in [0.15, 0.2) is 12.1 Å². The van der Waals surface area contributed by atoms with Gasteiger partial charge in [0, 0.05) is 5.56 Å². The third-order valence-corrected chi connectivity index (χ3v) is 15.9. The maximum absolute atomic E-state index is 6.67. The van der Waals surface area contributed by atoms with Gasteiger partial charge in [0.1, 0.15) is 0 Å². The first kappa shape index (κ1) is 25.0. The van der Waals surface area contributed by atoms with Crippen molar-refractivity contribution >= 4 is 0 Å². The molecule has 1 spiro atoms. The first-order valence-corrected chi connectivity index (χ1v) is 17.8. The molecule has 3 aromatic rings. The minimum Gasteiger partial charge on any atom is -0.382 e. The van der Waals surface area contributed by atoms with E-state index >= 15 is 0 Å². The zero-order chi connectivity index (χ0) is 30.3. The number of ether oxygens (including phenoxy) is 4. The van der Waals surface area contributed by atoms with E-state index in [1.807, 2.05) is 11.6 Å². The molecule has 2 heterocycles. The van der Waals surface area contributed by atoms with Crippen LogP contribution in [-0.2, 0) is 0 Å². The van der Waals surface area contributed by atoms with Gasteiger partial charge in [-0.3, -0.25) is 0 Å². The Morgan fingerprint density at radius 1 is 0.467 bits per heavy atom. The van der Waals surface area contributed by atoms with Crippen molar-refractivity contribution in [2.75, 3.05) is 0 Å². The molecule has 45 heavy (non-hydrogen) atoms. The van der Waals surface area contributed by atoms with E-state index in [0.29, 0.717) is 29.4 Å². The summed E-state index contributed by atoms with van der Waals surface area (Å²) in [5.74, 6) is 12.5. The Balaban J connectivity index is 0.928. The van der Waals surface area contributed by atoms with Crippen LogP contribution in [0.4, 0.5) is 0 Å².